The van der Waals surface area contributed by atoms with Gasteiger partial charge in [0.1, 0.15) is 5.82 Å². The molecule has 0 unspecified atom stereocenters. The van der Waals surface area contributed by atoms with E-state index in [0.29, 0.717) is 15.9 Å². The molecule has 0 atom stereocenters. The first-order valence-corrected chi connectivity index (χ1v) is 10.6. The number of H-pyrrole nitrogens is 1. The van der Waals surface area contributed by atoms with Gasteiger partial charge in [-0.25, -0.2) is 18.7 Å². The lowest BCUT2D eigenvalue weighted by molar-refractivity contribution is 0.630. The minimum atomic E-state index is -0.661. The van der Waals surface area contributed by atoms with E-state index in [1.54, 1.807) is 24.4 Å². The lowest BCUT2D eigenvalue weighted by atomic mass is 10.0. The zero-order valence-corrected chi connectivity index (χ0v) is 19.2. The second-order valence-corrected chi connectivity index (χ2v) is 8.75. The van der Waals surface area contributed by atoms with Crippen LogP contribution in [0.2, 0.25) is 5.02 Å². The molecule has 1 aromatic carbocycles. The van der Waals surface area contributed by atoms with Crippen LogP contribution in [0.25, 0.3) is 28.0 Å². The average molecular weight is 504 g/mol. The summed E-state index contributed by atoms with van der Waals surface area (Å²) in [5.74, 6) is -0.533. The molecular weight excluding hydrogens is 487 g/mol. The first-order chi connectivity index (χ1) is 14.7. The molecule has 0 aliphatic rings. The highest BCUT2D eigenvalue weighted by atomic mass is 79.9. The van der Waals surface area contributed by atoms with Crippen molar-refractivity contribution in [1.82, 2.24) is 19.5 Å². The van der Waals surface area contributed by atoms with E-state index in [1.165, 1.54) is 16.7 Å². The van der Waals surface area contributed by atoms with Crippen molar-refractivity contribution < 1.29 is 4.39 Å². The van der Waals surface area contributed by atoms with Gasteiger partial charge in [0.05, 0.1) is 27.5 Å². The number of hydrogen-bond donors (Lipinski definition) is 1. The van der Waals surface area contributed by atoms with E-state index in [1.807, 2.05) is 20.8 Å². The number of aryl methyl sites for hydroxylation is 1. The maximum Gasteiger partial charge on any atom is 0.334 e. The van der Waals surface area contributed by atoms with Crippen molar-refractivity contribution in [3.8, 4) is 16.9 Å². The summed E-state index contributed by atoms with van der Waals surface area (Å²) in [6.45, 7) is 5.75. The van der Waals surface area contributed by atoms with Crippen molar-refractivity contribution in [3.05, 3.63) is 83.9 Å². The van der Waals surface area contributed by atoms with Crippen molar-refractivity contribution in [2.24, 2.45) is 0 Å². The molecule has 3 aromatic heterocycles. The zero-order chi connectivity index (χ0) is 22.4. The number of hydrogen-bond acceptors (Lipinski definition) is 4. The molecule has 0 aliphatic heterocycles. The van der Waals surface area contributed by atoms with E-state index in [2.05, 4.69) is 30.9 Å². The molecule has 0 amide bonds. The summed E-state index contributed by atoms with van der Waals surface area (Å²) in [5.41, 5.74) is 1.03. The van der Waals surface area contributed by atoms with Gasteiger partial charge >= 0.3 is 5.69 Å². The molecule has 31 heavy (non-hydrogen) atoms. The highest BCUT2D eigenvalue weighted by Crippen LogP contribution is 2.33. The monoisotopic (exact) mass is 502 g/mol. The highest BCUT2D eigenvalue weighted by molar-refractivity contribution is 9.10. The summed E-state index contributed by atoms with van der Waals surface area (Å²) < 4.78 is 16.5. The number of fused-ring (bicyclic) bond motifs is 1. The van der Waals surface area contributed by atoms with Crippen molar-refractivity contribution in [3.63, 3.8) is 0 Å². The van der Waals surface area contributed by atoms with Gasteiger partial charge in [-0.15, -0.1) is 0 Å². The van der Waals surface area contributed by atoms with Gasteiger partial charge in [0.2, 0.25) is 0 Å². The van der Waals surface area contributed by atoms with E-state index in [4.69, 9.17) is 11.6 Å². The van der Waals surface area contributed by atoms with Crippen LogP contribution in [0.3, 0.4) is 0 Å². The Balaban J connectivity index is 2.18. The SMILES string of the molecule is Cc1ccnc(C(C)C)c1-n1c(=O)[nH]c(=O)c2cc(Cl)c(-c3cc(Br)ccc3F)nc21. The van der Waals surface area contributed by atoms with E-state index in [-0.39, 0.29) is 33.2 Å². The Morgan fingerprint density at radius 3 is 2.65 bits per heavy atom. The second kappa shape index (κ2) is 8.01. The van der Waals surface area contributed by atoms with E-state index >= 15 is 0 Å². The van der Waals surface area contributed by atoms with Crippen molar-refractivity contribution in [2.75, 3.05) is 0 Å². The highest BCUT2D eigenvalue weighted by Gasteiger charge is 2.21. The van der Waals surface area contributed by atoms with Crippen LogP contribution in [-0.4, -0.2) is 19.5 Å². The fourth-order valence-corrected chi connectivity index (χ4v) is 4.11. The molecule has 0 spiro atoms. The molecule has 0 saturated heterocycles. The van der Waals surface area contributed by atoms with E-state index in [0.717, 1.165) is 5.56 Å². The van der Waals surface area contributed by atoms with Crippen LogP contribution in [0.4, 0.5) is 4.39 Å². The minimum absolute atomic E-state index is 0.00179. The summed E-state index contributed by atoms with van der Waals surface area (Å²) in [6.07, 6.45) is 1.67. The Bertz CT molecular complexity index is 1460. The first kappa shape index (κ1) is 21.4. The Morgan fingerprint density at radius 1 is 1.19 bits per heavy atom. The molecule has 3 heterocycles. The minimum Gasteiger partial charge on any atom is -0.273 e. The second-order valence-electron chi connectivity index (χ2n) is 7.43. The number of benzene rings is 1. The van der Waals surface area contributed by atoms with Gasteiger partial charge in [0.25, 0.3) is 5.56 Å². The molecule has 4 aromatic rings. The standard InChI is InChI=1S/C22H17BrClFN4O2/c1-10(2)17-19(11(3)6-7-26-17)29-20-14(21(30)28-22(29)31)9-15(24)18(27-20)13-8-12(23)4-5-16(13)25/h4-10H,1-3H3,(H,28,30,31). The molecule has 0 saturated carbocycles. The first-order valence-electron chi connectivity index (χ1n) is 9.46. The van der Waals surface area contributed by atoms with Gasteiger partial charge in [-0.1, -0.05) is 41.4 Å². The number of nitrogens with zero attached hydrogens (tertiary/aromatic N) is 3. The van der Waals surface area contributed by atoms with Crippen LogP contribution in [0.15, 0.2) is 50.6 Å². The number of rotatable bonds is 3. The third-order valence-electron chi connectivity index (χ3n) is 4.94. The molecule has 6 nitrogen and oxygen atoms in total. The van der Waals surface area contributed by atoms with Gasteiger partial charge in [0, 0.05) is 16.2 Å². The number of pyridine rings is 2. The summed E-state index contributed by atoms with van der Waals surface area (Å²) >= 11 is 9.71. The van der Waals surface area contributed by atoms with Crippen molar-refractivity contribution in [2.45, 2.75) is 26.7 Å². The fraction of sp³-hybridized carbons (Fsp3) is 0.182. The predicted octanol–water partition coefficient (Wildman–Crippen LogP) is 5.12. The summed E-state index contributed by atoms with van der Waals surface area (Å²) in [4.78, 5) is 36.8. The van der Waals surface area contributed by atoms with Gasteiger partial charge in [0.15, 0.2) is 5.65 Å². The van der Waals surface area contributed by atoms with Crippen LogP contribution in [-0.2, 0) is 0 Å². The Labute approximate surface area is 189 Å². The van der Waals surface area contributed by atoms with Crippen molar-refractivity contribution in [1.29, 1.82) is 0 Å². The Kier molecular flexibility index (Phi) is 5.53. The molecular formula is C22H17BrClFN4O2. The summed E-state index contributed by atoms with van der Waals surface area (Å²) in [6, 6.07) is 7.56. The maximum atomic E-state index is 14.6. The largest absolute Gasteiger partial charge is 0.334 e. The van der Waals surface area contributed by atoms with E-state index in [9.17, 15) is 14.0 Å². The molecule has 1 N–H and O–H groups in total. The molecule has 9 heteroatoms. The third-order valence-corrected chi connectivity index (χ3v) is 5.73. The predicted molar refractivity (Wildman–Crippen MR) is 123 cm³/mol. The van der Waals surface area contributed by atoms with Gasteiger partial charge in [-0.3, -0.25) is 14.8 Å². The number of halogens is 3. The Hall–Kier alpha value is -2.84. The molecule has 4 rings (SSSR count). The van der Waals surface area contributed by atoms with Crippen LogP contribution in [0.5, 0.6) is 0 Å². The number of aromatic amines is 1. The van der Waals surface area contributed by atoms with Crippen molar-refractivity contribution >= 4 is 38.6 Å². The van der Waals surface area contributed by atoms with Crippen LogP contribution in [0, 0.1) is 12.7 Å². The van der Waals surface area contributed by atoms with Gasteiger partial charge < -0.3 is 0 Å². The van der Waals surface area contributed by atoms with Crippen LogP contribution < -0.4 is 11.2 Å². The fourth-order valence-electron chi connectivity index (χ4n) is 3.49. The lowest BCUT2D eigenvalue weighted by Gasteiger charge is -2.18. The zero-order valence-electron chi connectivity index (χ0n) is 16.8. The lowest BCUT2D eigenvalue weighted by Crippen LogP contribution is -2.31. The van der Waals surface area contributed by atoms with Crippen LogP contribution in [0.1, 0.15) is 31.0 Å². The maximum absolute atomic E-state index is 14.6. The normalized spacial score (nSPS) is 11.5. The third kappa shape index (κ3) is 3.70. The van der Waals surface area contributed by atoms with Gasteiger partial charge in [-0.2, -0.15) is 0 Å². The summed E-state index contributed by atoms with van der Waals surface area (Å²) in [7, 11) is 0. The quantitative estimate of drug-likeness (QED) is 0.421. The topological polar surface area (TPSA) is 80.6 Å². The molecule has 0 fully saturated rings. The molecule has 0 aliphatic carbocycles. The number of aromatic nitrogens is 4. The van der Waals surface area contributed by atoms with Gasteiger partial charge in [-0.05, 0) is 48.7 Å². The molecule has 0 bridgehead atoms. The van der Waals surface area contributed by atoms with E-state index < -0.39 is 17.1 Å². The van der Waals surface area contributed by atoms with Crippen LogP contribution >= 0.6 is 27.5 Å². The average Bonchev–Trinajstić information content (AvgIpc) is 2.71. The number of nitrogens with one attached hydrogen (secondary N) is 1. The molecule has 0 radical (unpaired) electrons. The summed E-state index contributed by atoms with van der Waals surface area (Å²) in [5, 5.41) is 0.203. The smallest absolute Gasteiger partial charge is 0.273 e. The molecule has 158 valence electrons. The Morgan fingerprint density at radius 2 is 1.94 bits per heavy atom.